The molecule has 0 atom stereocenters. The first-order chi connectivity index (χ1) is 13.1. The van der Waals surface area contributed by atoms with Gasteiger partial charge in [-0.25, -0.2) is 14.4 Å². The van der Waals surface area contributed by atoms with Gasteiger partial charge in [-0.2, -0.15) is 0 Å². The van der Waals surface area contributed by atoms with E-state index in [4.69, 9.17) is 10.5 Å². The number of hydrogen-bond donors (Lipinski definition) is 1. The van der Waals surface area contributed by atoms with E-state index in [9.17, 15) is 9.18 Å². The molecule has 0 spiro atoms. The minimum atomic E-state index is -0.586. The van der Waals surface area contributed by atoms with Gasteiger partial charge in [0.1, 0.15) is 28.8 Å². The van der Waals surface area contributed by atoms with Crippen molar-refractivity contribution in [2.75, 3.05) is 18.0 Å². The van der Waals surface area contributed by atoms with Crippen LogP contribution in [0.5, 0.6) is 11.5 Å². The Morgan fingerprint density at radius 1 is 1.00 bits per heavy atom. The van der Waals surface area contributed by atoms with Gasteiger partial charge in [0, 0.05) is 24.7 Å². The summed E-state index contributed by atoms with van der Waals surface area (Å²) in [7, 11) is 0. The predicted octanol–water partition coefficient (Wildman–Crippen LogP) is 3.38. The van der Waals surface area contributed by atoms with Crippen LogP contribution in [0, 0.1) is 5.82 Å². The zero-order valence-electron chi connectivity index (χ0n) is 14.4. The fourth-order valence-electron chi connectivity index (χ4n) is 2.71. The third-order valence-electron chi connectivity index (χ3n) is 4.31. The van der Waals surface area contributed by atoms with Crippen LogP contribution in [0.2, 0.25) is 0 Å². The van der Waals surface area contributed by atoms with Crippen molar-refractivity contribution in [3.63, 3.8) is 0 Å². The lowest BCUT2D eigenvalue weighted by molar-refractivity contribution is 0.0995. The number of hydrogen-bond acceptors (Lipinski definition) is 5. The molecule has 27 heavy (non-hydrogen) atoms. The Balaban J connectivity index is 1.60. The Labute approximate surface area is 155 Å². The Hall–Kier alpha value is -3.48. The first-order valence-corrected chi connectivity index (χ1v) is 8.56. The molecule has 4 rings (SSSR count). The number of halogens is 1. The van der Waals surface area contributed by atoms with Crippen molar-refractivity contribution in [3.8, 4) is 22.9 Å². The van der Waals surface area contributed by atoms with E-state index in [0.29, 0.717) is 23.1 Å². The summed E-state index contributed by atoms with van der Waals surface area (Å²) in [4.78, 5) is 22.5. The minimum Gasteiger partial charge on any atom is -0.457 e. The lowest BCUT2D eigenvalue weighted by Crippen LogP contribution is -2.38. The molecule has 0 radical (unpaired) electrons. The van der Waals surface area contributed by atoms with Gasteiger partial charge in [-0.1, -0.05) is 0 Å². The highest BCUT2D eigenvalue weighted by Crippen LogP contribution is 2.27. The van der Waals surface area contributed by atoms with Crippen LogP contribution in [-0.4, -0.2) is 29.0 Å². The van der Waals surface area contributed by atoms with E-state index in [1.54, 1.807) is 42.5 Å². The Morgan fingerprint density at radius 2 is 1.63 bits per heavy atom. The fraction of sp³-hybridized carbons (Fsp3) is 0.150. The first kappa shape index (κ1) is 17.0. The van der Waals surface area contributed by atoms with Crippen molar-refractivity contribution in [3.05, 3.63) is 66.1 Å². The number of amides is 1. The molecule has 1 amide bonds. The summed E-state index contributed by atoms with van der Waals surface area (Å²) >= 11 is 0. The molecule has 0 unspecified atom stereocenters. The number of carbonyl (C=O) groups is 1. The Morgan fingerprint density at radius 3 is 2.19 bits per heavy atom. The second kappa shape index (κ2) is 7.03. The van der Waals surface area contributed by atoms with Crippen molar-refractivity contribution in [1.82, 2.24) is 9.97 Å². The summed E-state index contributed by atoms with van der Waals surface area (Å²) in [5, 5.41) is 0. The lowest BCUT2D eigenvalue weighted by Gasteiger charge is -2.32. The van der Waals surface area contributed by atoms with E-state index in [1.807, 2.05) is 0 Å². The van der Waals surface area contributed by atoms with Crippen LogP contribution >= 0.6 is 0 Å². The summed E-state index contributed by atoms with van der Waals surface area (Å²) in [5.41, 5.74) is 6.35. The second-order valence-corrected chi connectivity index (χ2v) is 6.22. The van der Waals surface area contributed by atoms with Crippen LogP contribution in [0.1, 0.15) is 16.9 Å². The van der Waals surface area contributed by atoms with Gasteiger partial charge in [0.15, 0.2) is 5.82 Å². The maximum absolute atomic E-state index is 13.0. The quantitative estimate of drug-likeness (QED) is 0.751. The minimum absolute atomic E-state index is 0.188. The fourth-order valence-corrected chi connectivity index (χ4v) is 2.71. The molecule has 1 aromatic heterocycles. The average Bonchev–Trinajstić information content (AvgIpc) is 2.62. The number of rotatable bonds is 5. The molecule has 1 aliphatic rings. The van der Waals surface area contributed by atoms with Crippen LogP contribution in [0.25, 0.3) is 11.4 Å². The molecular formula is C20H17FN4O2. The molecule has 1 aliphatic heterocycles. The van der Waals surface area contributed by atoms with Crippen LogP contribution in [0.4, 0.5) is 10.2 Å². The van der Waals surface area contributed by atoms with E-state index < -0.39 is 5.91 Å². The van der Waals surface area contributed by atoms with Crippen LogP contribution in [-0.2, 0) is 0 Å². The first-order valence-electron chi connectivity index (χ1n) is 8.56. The average molecular weight is 364 g/mol. The largest absolute Gasteiger partial charge is 0.457 e. The van der Waals surface area contributed by atoms with Crippen molar-refractivity contribution < 1.29 is 13.9 Å². The standard InChI is InChI=1S/C20H17FN4O2/c21-14-4-8-16(9-5-14)27-15-6-2-13(3-7-15)20-23-17(19(22)26)12-18(24-20)25-10-1-11-25/h2-9,12H,1,10-11H2,(H2,22,26). The number of nitrogens with zero attached hydrogens (tertiary/aromatic N) is 3. The summed E-state index contributed by atoms with van der Waals surface area (Å²) in [6, 6.07) is 14.6. The lowest BCUT2D eigenvalue weighted by atomic mass is 10.2. The van der Waals surface area contributed by atoms with E-state index in [1.165, 1.54) is 12.1 Å². The normalized spacial score (nSPS) is 13.1. The predicted molar refractivity (Wildman–Crippen MR) is 99.3 cm³/mol. The molecule has 1 saturated heterocycles. The van der Waals surface area contributed by atoms with Crippen molar-refractivity contribution in [2.24, 2.45) is 5.73 Å². The van der Waals surface area contributed by atoms with Crippen LogP contribution in [0.15, 0.2) is 54.6 Å². The summed E-state index contributed by atoms with van der Waals surface area (Å²) in [5.74, 6) is 1.36. The summed E-state index contributed by atoms with van der Waals surface area (Å²) in [6.45, 7) is 1.80. The molecule has 136 valence electrons. The highest BCUT2D eigenvalue weighted by molar-refractivity contribution is 5.92. The molecular weight excluding hydrogens is 347 g/mol. The summed E-state index contributed by atoms with van der Waals surface area (Å²) in [6.07, 6.45) is 1.10. The Kier molecular flexibility index (Phi) is 4.42. The highest BCUT2D eigenvalue weighted by Gasteiger charge is 2.19. The molecule has 2 aromatic carbocycles. The van der Waals surface area contributed by atoms with E-state index in [0.717, 1.165) is 25.1 Å². The molecule has 2 N–H and O–H groups in total. The van der Waals surface area contributed by atoms with Gasteiger partial charge in [-0.05, 0) is 55.0 Å². The number of carbonyl (C=O) groups excluding carboxylic acids is 1. The Bertz CT molecular complexity index is 970. The number of primary amides is 1. The van der Waals surface area contributed by atoms with Gasteiger partial charge < -0.3 is 15.4 Å². The van der Waals surface area contributed by atoms with Crippen molar-refractivity contribution >= 4 is 11.7 Å². The summed E-state index contributed by atoms with van der Waals surface area (Å²) < 4.78 is 18.7. The number of ether oxygens (including phenoxy) is 1. The molecule has 6 nitrogen and oxygen atoms in total. The molecule has 0 saturated carbocycles. The zero-order chi connectivity index (χ0) is 18.8. The molecule has 0 aliphatic carbocycles. The molecule has 0 bridgehead atoms. The molecule has 7 heteroatoms. The molecule has 2 heterocycles. The number of aromatic nitrogens is 2. The van der Waals surface area contributed by atoms with Gasteiger partial charge in [0.2, 0.25) is 0 Å². The van der Waals surface area contributed by atoms with Gasteiger partial charge in [0.05, 0.1) is 0 Å². The molecule has 3 aromatic rings. The molecule has 1 fully saturated rings. The maximum atomic E-state index is 13.0. The van der Waals surface area contributed by atoms with Crippen molar-refractivity contribution in [1.29, 1.82) is 0 Å². The third kappa shape index (κ3) is 3.72. The third-order valence-corrected chi connectivity index (χ3v) is 4.31. The smallest absolute Gasteiger partial charge is 0.267 e. The van der Waals surface area contributed by atoms with Gasteiger partial charge in [0.25, 0.3) is 5.91 Å². The van der Waals surface area contributed by atoms with E-state index in [-0.39, 0.29) is 11.5 Å². The van der Waals surface area contributed by atoms with E-state index in [2.05, 4.69) is 14.9 Å². The number of nitrogens with two attached hydrogens (primary N) is 1. The van der Waals surface area contributed by atoms with E-state index >= 15 is 0 Å². The number of anilines is 1. The monoisotopic (exact) mass is 364 g/mol. The second-order valence-electron chi connectivity index (χ2n) is 6.22. The topological polar surface area (TPSA) is 81.3 Å². The van der Waals surface area contributed by atoms with Gasteiger partial charge in [-0.3, -0.25) is 4.79 Å². The SMILES string of the molecule is NC(=O)c1cc(N2CCC2)nc(-c2ccc(Oc3ccc(F)cc3)cc2)n1. The van der Waals surface area contributed by atoms with Crippen LogP contribution in [0.3, 0.4) is 0 Å². The maximum Gasteiger partial charge on any atom is 0.267 e. The van der Waals surface area contributed by atoms with Gasteiger partial charge >= 0.3 is 0 Å². The van der Waals surface area contributed by atoms with Crippen LogP contribution < -0.4 is 15.4 Å². The van der Waals surface area contributed by atoms with Gasteiger partial charge in [-0.15, -0.1) is 0 Å². The number of benzene rings is 2. The zero-order valence-corrected chi connectivity index (χ0v) is 14.4. The highest BCUT2D eigenvalue weighted by atomic mass is 19.1. The van der Waals surface area contributed by atoms with Crippen molar-refractivity contribution in [2.45, 2.75) is 6.42 Å².